The molecule has 0 saturated carbocycles. The summed E-state index contributed by atoms with van der Waals surface area (Å²) in [5.74, 6) is -8.96. The van der Waals surface area contributed by atoms with Gasteiger partial charge in [0.05, 0.1) is 25.2 Å². The first-order valence-corrected chi connectivity index (χ1v) is 12.6. The van der Waals surface area contributed by atoms with E-state index in [1.54, 1.807) is 27.7 Å². The zero-order valence-electron chi connectivity index (χ0n) is 23.0. The van der Waals surface area contributed by atoms with Gasteiger partial charge in [-0.1, -0.05) is 27.7 Å². The van der Waals surface area contributed by atoms with E-state index in [4.69, 9.17) is 10.8 Å². The van der Waals surface area contributed by atoms with E-state index in [1.165, 1.54) is 12.5 Å². The van der Waals surface area contributed by atoms with Crippen molar-refractivity contribution in [3.63, 3.8) is 0 Å². The predicted molar refractivity (Wildman–Crippen MR) is 140 cm³/mol. The smallest absolute Gasteiger partial charge is 0.326 e. The minimum Gasteiger partial charge on any atom is -0.481 e. The Morgan fingerprint density at radius 2 is 1.27 bits per heavy atom. The van der Waals surface area contributed by atoms with Gasteiger partial charge in [-0.2, -0.15) is 0 Å². The number of hydrogen-bond acceptors (Lipinski definition) is 9. The lowest BCUT2D eigenvalue weighted by molar-refractivity contribution is -0.144. The molecule has 0 aliphatic heterocycles. The second-order valence-corrected chi connectivity index (χ2v) is 10.0. The van der Waals surface area contributed by atoms with Crippen LogP contribution in [0.2, 0.25) is 0 Å². The SMILES string of the molecule is CC(C)[C@H](NC(=O)[C@@H](NC(=O)[C@H](Cc1cnc[nH]1)NC(=O)[C@H](CC(=O)O)NC(=O)[C@@H](N)CC(=O)O)C(C)C)C(=O)O. The number of aromatic nitrogens is 2. The van der Waals surface area contributed by atoms with Crippen LogP contribution < -0.4 is 27.0 Å². The molecule has 1 aromatic rings. The second-order valence-electron chi connectivity index (χ2n) is 10.0. The summed E-state index contributed by atoms with van der Waals surface area (Å²) in [7, 11) is 0. The summed E-state index contributed by atoms with van der Waals surface area (Å²) in [6.07, 6.45) is 0.779. The van der Waals surface area contributed by atoms with Crippen LogP contribution in [0.3, 0.4) is 0 Å². The van der Waals surface area contributed by atoms with Crippen molar-refractivity contribution in [3.8, 4) is 0 Å². The number of H-pyrrole nitrogens is 1. The number of hydrogen-bond donors (Lipinski definition) is 9. The fourth-order valence-corrected chi connectivity index (χ4v) is 3.59. The highest BCUT2D eigenvalue weighted by Crippen LogP contribution is 2.09. The van der Waals surface area contributed by atoms with Gasteiger partial charge in [-0.05, 0) is 11.8 Å². The third-order valence-corrected chi connectivity index (χ3v) is 5.83. The van der Waals surface area contributed by atoms with Crippen molar-refractivity contribution < 1.29 is 48.9 Å². The highest BCUT2D eigenvalue weighted by atomic mass is 16.4. The van der Waals surface area contributed by atoms with Crippen LogP contribution in [-0.4, -0.2) is 97.0 Å². The second kappa shape index (κ2) is 15.9. The first-order valence-electron chi connectivity index (χ1n) is 12.6. The van der Waals surface area contributed by atoms with Crippen LogP contribution in [0, 0.1) is 11.8 Å². The summed E-state index contributed by atoms with van der Waals surface area (Å²) in [6, 6.07) is -7.17. The van der Waals surface area contributed by atoms with Crippen LogP contribution in [0.15, 0.2) is 12.5 Å². The van der Waals surface area contributed by atoms with E-state index in [2.05, 4.69) is 31.2 Å². The number of aliphatic carboxylic acids is 3. The summed E-state index contributed by atoms with van der Waals surface area (Å²) in [4.78, 5) is 91.9. The highest BCUT2D eigenvalue weighted by Gasteiger charge is 2.34. The molecule has 228 valence electrons. The average Bonchev–Trinajstić information content (AvgIpc) is 3.36. The molecule has 0 fully saturated rings. The number of carboxylic acids is 3. The van der Waals surface area contributed by atoms with Crippen LogP contribution in [0.5, 0.6) is 0 Å². The summed E-state index contributed by atoms with van der Waals surface area (Å²) in [6.45, 7) is 6.41. The normalized spacial score (nSPS) is 14.7. The average molecular weight is 584 g/mol. The molecule has 10 N–H and O–H groups in total. The number of imidazole rings is 1. The van der Waals surface area contributed by atoms with Crippen LogP contribution in [-0.2, 0) is 40.0 Å². The van der Waals surface area contributed by atoms with Crippen LogP contribution >= 0.6 is 0 Å². The molecule has 1 rings (SSSR count). The minimum absolute atomic E-state index is 0.194. The first-order chi connectivity index (χ1) is 19.0. The van der Waals surface area contributed by atoms with Gasteiger partial charge in [0, 0.05) is 18.3 Å². The van der Waals surface area contributed by atoms with Crippen LogP contribution in [0.4, 0.5) is 0 Å². The Morgan fingerprint density at radius 1 is 0.756 bits per heavy atom. The monoisotopic (exact) mass is 583 g/mol. The lowest BCUT2D eigenvalue weighted by atomic mass is 9.99. The van der Waals surface area contributed by atoms with Gasteiger partial charge < -0.3 is 47.3 Å². The number of rotatable bonds is 17. The molecular formula is C24H37N7O10. The molecule has 41 heavy (non-hydrogen) atoms. The quantitative estimate of drug-likeness (QED) is 0.0925. The standard InChI is InChI=1S/C24H37N7O10/c1-10(2)18(23(39)31-19(11(3)4)24(40)41)30-22(38)14(5-12-8-26-9-27-12)29-21(37)15(7-17(34)35)28-20(36)13(25)6-16(32)33/h8-11,13-15,18-19H,5-7,25H2,1-4H3,(H,26,27)(H,28,36)(H,29,37)(H,30,38)(H,31,39)(H,32,33)(H,34,35)(H,40,41)/t13-,14-,15-,18-,19-/m0/s1. The molecule has 1 aromatic heterocycles. The molecule has 1 heterocycles. The summed E-state index contributed by atoms with van der Waals surface area (Å²) in [5.41, 5.74) is 5.88. The van der Waals surface area contributed by atoms with E-state index in [0.717, 1.165) is 0 Å². The van der Waals surface area contributed by atoms with Gasteiger partial charge in [-0.3, -0.25) is 28.8 Å². The molecule has 0 aliphatic rings. The Balaban J connectivity index is 3.20. The van der Waals surface area contributed by atoms with Gasteiger partial charge in [0.15, 0.2) is 0 Å². The van der Waals surface area contributed by atoms with E-state index >= 15 is 0 Å². The largest absolute Gasteiger partial charge is 0.481 e. The van der Waals surface area contributed by atoms with E-state index in [0.29, 0.717) is 5.69 Å². The molecule has 0 aliphatic carbocycles. The fourth-order valence-electron chi connectivity index (χ4n) is 3.59. The van der Waals surface area contributed by atoms with Gasteiger partial charge in [-0.25, -0.2) is 9.78 Å². The molecule has 0 aromatic carbocycles. The molecule has 0 unspecified atom stereocenters. The van der Waals surface area contributed by atoms with E-state index in [-0.39, 0.29) is 6.42 Å². The number of carboxylic acid groups (broad SMARTS) is 3. The van der Waals surface area contributed by atoms with Crippen molar-refractivity contribution in [2.45, 2.75) is 77.2 Å². The molecule has 5 atom stereocenters. The number of nitrogens with two attached hydrogens (primary N) is 1. The predicted octanol–water partition coefficient (Wildman–Crippen LogP) is -2.44. The Hall–Kier alpha value is -4.54. The Kier molecular flexibility index (Phi) is 13.4. The number of nitrogens with one attached hydrogen (secondary N) is 5. The molecule has 0 spiro atoms. The molecule has 0 radical (unpaired) electrons. The van der Waals surface area contributed by atoms with E-state index in [9.17, 15) is 43.8 Å². The molecule has 0 saturated heterocycles. The molecular weight excluding hydrogens is 546 g/mol. The lowest BCUT2D eigenvalue weighted by Gasteiger charge is -2.28. The first kappa shape index (κ1) is 34.5. The maximum atomic E-state index is 13.3. The zero-order valence-corrected chi connectivity index (χ0v) is 23.0. The third kappa shape index (κ3) is 11.6. The zero-order chi connectivity index (χ0) is 31.4. The number of carbonyl (C=O) groups is 7. The van der Waals surface area contributed by atoms with Crippen LogP contribution in [0.1, 0.15) is 46.2 Å². The van der Waals surface area contributed by atoms with Crippen LogP contribution in [0.25, 0.3) is 0 Å². The molecule has 0 bridgehead atoms. The minimum atomic E-state index is -1.73. The Labute approximate surface area is 235 Å². The maximum Gasteiger partial charge on any atom is 0.326 e. The molecule has 17 heteroatoms. The molecule has 4 amide bonds. The van der Waals surface area contributed by atoms with E-state index in [1.807, 2.05) is 0 Å². The topological polar surface area (TPSA) is 283 Å². The van der Waals surface area contributed by atoms with Gasteiger partial charge in [0.1, 0.15) is 24.2 Å². The van der Waals surface area contributed by atoms with Gasteiger partial charge in [-0.15, -0.1) is 0 Å². The summed E-state index contributed by atoms with van der Waals surface area (Å²) < 4.78 is 0. The van der Waals surface area contributed by atoms with E-state index < -0.39 is 96.4 Å². The Morgan fingerprint density at radius 3 is 1.73 bits per heavy atom. The van der Waals surface area contributed by atoms with Gasteiger partial charge in [0.25, 0.3) is 0 Å². The van der Waals surface area contributed by atoms with Crippen molar-refractivity contribution in [1.29, 1.82) is 0 Å². The fraction of sp³-hybridized carbons (Fsp3) is 0.583. The molecule has 17 nitrogen and oxygen atoms in total. The third-order valence-electron chi connectivity index (χ3n) is 5.83. The number of amides is 4. The van der Waals surface area contributed by atoms with Crippen molar-refractivity contribution in [3.05, 3.63) is 18.2 Å². The highest BCUT2D eigenvalue weighted by molar-refractivity contribution is 5.97. The van der Waals surface area contributed by atoms with Gasteiger partial charge in [0.2, 0.25) is 23.6 Å². The number of nitrogens with zero attached hydrogens (tertiary/aromatic N) is 1. The van der Waals surface area contributed by atoms with Crippen molar-refractivity contribution >= 4 is 41.5 Å². The van der Waals surface area contributed by atoms with Crippen molar-refractivity contribution in [1.82, 2.24) is 31.2 Å². The van der Waals surface area contributed by atoms with Gasteiger partial charge >= 0.3 is 17.9 Å². The maximum absolute atomic E-state index is 13.3. The Bertz CT molecular complexity index is 1110. The number of aromatic amines is 1. The number of carbonyl (C=O) groups excluding carboxylic acids is 4. The summed E-state index contributed by atoms with van der Waals surface area (Å²) in [5, 5.41) is 36.8. The van der Waals surface area contributed by atoms with Crippen molar-refractivity contribution in [2.24, 2.45) is 17.6 Å². The summed E-state index contributed by atoms with van der Waals surface area (Å²) >= 11 is 0. The lowest BCUT2D eigenvalue weighted by Crippen LogP contribution is -2.60. The van der Waals surface area contributed by atoms with Crippen molar-refractivity contribution in [2.75, 3.05) is 0 Å².